The molecule has 2 rings (SSSR count). The molecular weight excluding hydrogens is 236 g/mol. The van der Waals surface area contributed by atoms with E-state index in [1.807, 2.05) is 0 Å². The van der Waals surface area contributed by atoms with Crippen LogP contribution in [0.2, 0.25) is 0 Å². The molecule has 2 aliphatic rings. The molecule has 0 heterocycles. The van der Waals surface area contributed by atoms with Crippen LogP contribution in [-0.4, -0.2) is 17.8 Å². The summed E-state index contributed by atoms with van der Waals surface area (Å²) in [6.45, 7) is 0. The fourth-order valence-corrected chi connectivity index (χ4v) is 2.97. The number of rotatable bonds is 3. The van der Waals surface area contributed by atoms with Gasteiger partial charge in [-0.2, -0.15) is 0 Å². The standard InChI is InChI=1S/C12H16N2O4/c15-10(3-4-11(16)17)13-14-12(18)9-6-7-1-2-8(9)5-7/h3-4,7-9H,1-2,5-6H2,(H,13,15)(H,14,18)(H,16,17)/p-1/b4-3+/t7-,8+,9-/m0/s1. The van der Waals surface area contributed by atoms with Gasteiger partial charge in [-0.05, 0) is 37.2 Å². The van der Waals surface area contributed by atoms with Crippen molar-refractivity contribution in [3.05, 3.63) is 12.2 Å². The van der Waals surface area contributed by atoms with Gasteiger partial charge in [0, 0.05) is 12.0 Å². The maximum atomic E-state index is 11.8. The highest BCUT2D eigenvalue weighted by molar-refractivity contribution is 5.94. The van der Waals surface area contributed by atoms with Gasteiger partial charge in [0.1, 0.15) is 0 Å². The minimum Gasteiger partial charge on any atom is -0.545 e. The van der Waals surface area contributed by atoms with Crippen molar-refractivity contribution >= 4 is 17.8 Å². The Morgan fingerprint density at radius 3 is 2.39 bits per heavy atom. The van der Waals surface area contributed by atoms with Gasteiger partial charge in [-0.1, -0.05) is 6.42 Å². The van der Waals surface area contributed by atoms with Crippen LogP contribution >= 0.6 is 0 Å². The Morgan fingerprint density at radius 1 is 1.06 bits per heavy atom. The van der Waals surface area contributed by atoms with E-state index in [0.717, 1.165) is 25.3 Å². The summed E-state index contributed by atoms with van der Waals surface area (Å²) in [5.41, 5.74) is 4.49. The predicted octanol–water partition coefficient (Wildman–Crippen LogP) is -1.12. The zero-order valence-corrected chi connectivity index (χ0v) is 9.85. The first kappa shape index (κ1) is 12.6. The SMILES string of the molecule is O=C([O-])/C=C/C(=O)NNC(=O)[C@H]1C[C@H]2CC[C@@H]1C2. The summed E-state index contributed by atoms with van der Waals surface area (Å²) in [6.07, 6.45) is 5.70. The van der Waals surface area contributed by atoms with Crippen LogP contribution in [0.25, 0.3) is 0 Å². The molecule has 6 heteroatoms. The van der Waals surface area contributed by atoms with E-state index in [0.29, 0.717) is 17.9 Å². The molecule has 0 radical (unpaired) electrons. The van der Waals surface area contributed by atoms with Crippen LogP contribution in [0, 0.1) is 17.8 Å². The number of hydrogen-bond acceptors (Lipinski definition) is 4. The molecule has 2 saturated carbocycles. The van der Waals surface area contributed by atoms with Gasteiger partial charge in [0.05, 0.1) is 5.97 Å². The van der Waals surface area contributed by atoms with Crippen LogP contribution in [0.1, 0.15) is 25.7 Å². The third-order valence-corrected chi connectivity index (χ3v) is 3.75. The maximum Gasteiger partial charge on any atom is 0.262 e. The van der Waals surface area contributed by atoms with E-state index in [-0.39, 0.29) is 11.8 Å². The zero-order chi connectivity index (χ0) is 13.1. The average Bonchev–Trinajstić information content (AvgIpc) is 2.95. The molecule has 0 unspecified atom stereocenters. The molecule has 0 aliphatic heterocycles. The molecule has 0 aromatic carbocycles. The lowest BCUT2D eigenvalue weighted by Gasteiger charge is -2.20. The van der Waals surface area contributed by atoms with Crippen molar-refractivity contribution in [2.75, 3.05) is 0 Å². The van der Waals surface area contributed by atoms with Gasteiger partial charge >= 0.3 is 0 Å². The fraction of sp³-hybridized carbons (Fsp3) is 0.583. The Labute approximate surface area is 104 Å². The molecule has 2 fully saturated rings. The quantitative estimate of drug-likeness (QED) is 0.490. The summed E-state index contributed by atoms with van der Waals surface area (Å²) >= 11 is 0. The molecule has 2 bridgehead atoms. The normalized spacial score (nSPS) is 29.4. The van der Waals surface area contributed by atoms with E-state index in [9.17, 15) is 19.5 Å². The van der Waals surface area contributed by atoms with Crippen LogP contribution < -0.4 is 16.0 Å². The second-order valence-electron chi connectivity index (χ2n) is 4.91. The Bertz CT molecular complexity index is 405. The molecule has 98 valence electrons. The molecular formula is C12H15N2O4-. The van der Waals surface area contributed by atoms with Gasteiger partial charge in [-0.25, -0.2) is 0 Å². The number of aliphatic carboxylic acids is 1. The smallest absolute Gasteiger partial charge is 0.262 e. The van der Waals surface area contributed by atoms with Gasteiger partial charge in [-0.3, -0.25) is 20.4 Å². The van der Waals surface area contributed by atoms with Crippen molar-refractivity contribution in [1.29, 1.82) is 0 Å². The van der Waals surface area contributed by atoms with Gasteiger partial charge in [0.15, 0.2) is 0 Å². The number of amides is 2. The summed E-state index contributed by atoms with van der Waals surface area (Å²) in [6, 6.07) is 0. The number of carbonyl (C=O) groups is 3. The van der Waals surface area contributed by atoms with Crippen LogP contribution in [0.3, 0.4) is 0 Å². The minimum atomic E-state index is -1.45. The topological polar surface area (TPSA) is 98.3 Å². The van der Waals surface area contributed by atoms with Crippen LogP contribution in [-0.2, 0) is 14.4 Å². The van der Waals surface area contributed by atoms with E-state index in [4.69, 9.17) is 0 Å². The number of hydrogen-bond donors (Lipinski definition) is 2. The Hall–Kier alpha value is -1.85. The molecule has 0 aromatic rings. The first-order chi connectivity index (χ1) is 8.56. The summed E-state index contributed by atoms with van der Waals surface area (Å²) in [5.74, 6) is -1.25. The third kappa shape index (κ3) is 2.88. The minimum absolute atomic E-state index is 0.0193. The molecule has 2 aliphatic carbocycles. The monoisotopic (exact) mass is 251 g/mol. The lowest BCUT2D eigenvalue weighted by Crippen LogP contribution is -2.45. The summed E-state index contributed by atoms with van der Waals surface area (Å²) in [4.78, 5) is 33.0. The molecule has 0 saturated heterocycles. The van der Waals surface area contributed by atoms with E-state index < -0.39 is 11.9 Å². The lowest BCUT2D eigenvalue weighted by atomic mass is 9.88. The van der Waals surface area contributed by atoms with Crippen LogP contribution in [0.5, 0.6) is 0 Å². The summed E-state index contributed by atoms with van der Waals surface area (Å²) < 4.78 is 0. The number of carboxylic acid groups (broad SMARTS) is 1. The van der Waals surface area contributed by atoms with Crippen molar-refractivity contribution in [3.8, 4) is 0 Å². The highest BCUT2D eigenvalue weighted by atomic mass is 16.4. The van der Waals surface area contributed by atoms with Gasteiger partial charge < -0.3 is 9.90 Å². The summed E-state index contributed by atoms with van der Waals surface area (Å²) in [7, 11) is 0. The van der Waals surface area contributed by atoms with Crippen molar-refractivity contribution in [1.82, 2.24) is 10.9 Å². The van der Waals surface area contributed by atoms with E-state index in [1.165, 1.54) is 6.42 Å². The number of carbonyl (C=O) groups excluding carboxylic acids is 3. The van der Waals surface area contributed by atoms with Gasteiger partial charge in [0.25, 0.3) is 5.91 Å². The van der Waals surface area contributed by atoms with E-state index in [2.05, 4.69) is 10.9 Å². The first-order valence-electron chi connectivity index (χ1n) is 6.05. The van der Waals surface area contributed by atoms with Gasteiger partial charge in [-0.15, -0.1) is 0 Å². The fourth-order valence-electron chi connectivity index (χ4n) is 2.97. The number of carboxylic acids is 1. The van der Waals surface area contributed by atoms with Crippen molar-refractivity contribution in [2.24, 2.45) is 17.8 Å². The average molecular weight is 251 g/mol. The molecule has 2 N–H and O–H groups in total. The van der Waals surface area contributed by atoms with Crippen molar-refractivity contribution in [3.63, 3.8) is 0 Å². The molecule has 18 heavy (non-hydrogen) atoms. The molecule has 6 nitrogen and oxygen atoms in total. The largest absolute Gasteiger partial charge is 0.545 e. The Balaban J connectivity index is 1.75. The molecule has 3 atom stereocenters. The first-order valence-corrected chi connectivity index (χ1v) is 6.05. The van der Waals surface area contributed by atoms with Crippen LogP contribution in [0.4, 0.5) is 0 Å². The Kier molecular flexibility index (Phi) is 3.64. The summed E-state index contributed by atoms with van der Waals surface area (Å²) in [5, 5.41) is 10.1. The molecule has 0 aromatic heterocycles. The van der Waals surface area contributed by atoms with E-state index in [1.54, 1.807) is 0 Å². The van der Waals surface area contributed by atoms with E-state index >= 15 is 0 Å². The van der Waals surface area contributed by atoms with Crippen LogP contribution in [0.15, 0.2) is 12.2 Å². The molecule has 2 amide bonds. The second-order valence-corrected chi connectivity index (χ2v) is 4.91. The number of nitrogens with one attached hydrogen (secondary N) is 2. The van der Waals surface area contributed by atoms with Crippen molar-refractivity contribution < 1.29 is 19.5 Å². The highest BCUT2D eigenvalue weighted by Crippen LogP contribution is 2.48. The number of fused-ring (bicyclic) bond motifs is 2. The lowest BCUT2D eigenvalue weighted by molar-refractivity contribution is -0.297. The third-order valence-electron chi connectivity index (χ3n) is 3.75. The molecule has 0 spiro atoms. The second kappa shape index (κ2) is 5.20. The highest BCUT2D eigenvalue weighted by Gasteiger charge is 2.43. The number of hydrazine groups is 1. The maximum absolute atomic E-state index is 11.8. The predicted molar refractivity (Wildman–Crippen MR) is 59.4 cm³/mol. The van der Waals surface area contributed by atoms with Crippen molar-refractivity contribution in [2.45, 2.75) is 25.7 Å². The Morgan fingerprint density at radius 2 is 1.83 bits per heavy atom. The zero-order valence-electron chi connectivity index (χ0n) is 9.85. The van der Waals surface area contributed by atoms with Gasteiger partial charge in [0.2, 0.25) is 5.91 Å².